The molecule has 2 aromatic carbocycles. The molecule has 27 heavy (non-hydrogen) atoms. The van der Waals surface area contributed by atoms with E-state index in [4.69, 9.17) is 20.9 Å². The number of rotatable bonds is 4. The summed E-state index contributed by atoms with van der Waals surface area (Å²) in [6.07, 6.45) is 0. The molecule has 0 unspecified atom stereocenters. The van der Waals surface area contributed by atoms with Crippen LogP contribution in [0.1, 0.15) is 27.7 Å². The number of benzene rings is 2. The summed E-state index contributed by atoms with van der Waals surface area (Å²) in [5.41, 5.74) is 0.101. The van der Waals surface area contributed by atoms with Crippen molar-refractivity contribution >= 4 is 39.9 Å². The van der Waals surface area contributed by atoms with Crippen LogP contribution in [0.4, 0.5) is 10.1 Å². The third-order valence-corrected chi connectivity index (χ3v) is 6.50. The minimum Gasteiger partial charge on any atom is -0.399 e. The predicted molar refractivity (Wildman–Crippen MR) is 104 cm³/mol. The second kappa shape index (κ2) is 6.77. The number of halogens is 2. The molecule has 3 rings (SSSR count). The molecule has 0 atom stereocenters. The molecule has 1 N–H and O–H groups in total. The fourth-order valence-corrected chi connectivity index (χ4v) is 3.98. The molecule has 0 radical (unpaired) electrons. The van der Waals surface area contributed by atoms with E-state index >= 15 is 0 Å². The van der Waals surface area contributed by atoms with Crippen molar-refractivity contribution in [2.75, 3.05) is 4.72 Å². The van der Waals surface area contributed by atoms with Crippen molar-refractivity contribution in [2.45, 2.75) is 43.8 Å². The summed E-state index contributed by atoms with van der Waals surface area (Å²) in [5, 5.41) is 0.132. The molecule has 0 spiro atoms. The van der Waals surface area contributed by atoms with Gasteiger partial charge >= 0.3 is 7.12 Å². The maximum absolute atomic E-state index is 13.9. The smallest absolute Gasteiger partial charge is 0.399 e. The molecule has 0 amide bonds. The number of hydrogen-bond acceptors (Lipinski definition) is 4. The molecule has 9 heteroatoms. The Bertz CT molecular complexity index is 948. The second-order valence-corrected chi connectivity index (χ2v) is 9.48. The van der Waals surface area contributed by atoms with Crippen LogP contribution in [0, 0.1) is 5.82 Å². The van der Waals surface area contributed by atoms with E-state index in [-0.39, 0.29) is 10.7 Å². The Kier molecular flexibility index (Phi) is 5.05. The summed E-state index contributed by atoms with van der Waals surface area (Å²) in [6.45, 7) is 7.81. The summed E-state index contributed by atoms with van der Waals surface area (Å²) in [5.74, 6) is -0.874. The van der Waals surface area contributed by atoms with E-state index in [2.05, 4.69) is 4.72 Å². The van der Waals surface area contributed by atoms with Crippen LogP contribution in [-0.2, 0) is 19.3 Å². The Morgan fingerprint density at radius 1 is 1.00 bits per heavy atom. The van der Waals surface area contributed by atoms with Gasteiger partial charge in [-0.3, -0.25) is 4.72 Å². The summed E-state index contributed by atoms with van der Waals surface area (Å²) < 4.78 is 53.0. The summed E-state index contributed by atoms with van der Waals surface area (Å²) >= 11 is 5.78. The second-order valence-electron chi connectivity index (χ2n) is 7.39. The summed E-state index contributed by atoms with van der Waals surface area (Å²) in [7, 11) is -4.66. The number of hydrogen-bond donors (Lipinski definition) is 1. The molecular weight excluding hydrogens is 392 g/mol. The monoisotopic (exact) mass is 411 g/mol. The van der Waals surface area contributed by atoms with Crippen molar-refractivity contribution in [1.82, 2.24) is 0 Å². The first kappa shape index (κ1) is 20.1. The molecule has 144 valence electrons. The van der Waals surface area contributed by atoms with Gasteiger partial charge in [0.15, 0.2) is 0 Å². The molecular formula is C18H20BClFNO4S. The highest BCUT2D eigenvalue weighted by molar-refractivity contribution is 7.92. The number of sulfonamides is 1. The van der Waals surface area contributed by atoms with E-state index in [1.807, 2.05) is 27.7 Å². The van der Waals surface area contributed by atoms with Crippen LogP contribution in [0.15, 0.2) is 47.4 Å². The average molecular weight is 412 g/mol. The van der Waals surface area contributed by atoms with E-state index in [1.54, 1.807) is 24.3 Å². The Labute approximate surface area is 164 Å². The molecule has 1 fully saturated rings. The lowest BCUT2D eigenvalue weighted by Crippen LogP contribution is -2.41. The Balaban J connectivity index is 1.80. The van der Waals surface area contributed by atoms with Crippen LogP contribution in [0.2, 0.25) is 5.02 Å². The fraction of sp³-hybridized carbons (Fsp3) is 0.333. The predicted octanol–water partition coefficient (Wildman–Crippen LogP) is 3.58. The quantitative estimate of drug-likeness (QED) is 0.781. The SMILES string of the molecule is CC1(C)OB(c2ccc(NS(=O)(=O)c3cc(Cl)ccc3F)cc2)OC1(C)C. The van der Waals surface area contributed by atoms with E-state index in [1.165, 1.54) is 6.07 Å². The minimum atomic E-state index is -4.11. The van der Waals surface area contributed by atoms with Gasteiger partial charge in [-0.25, -0.2) is 12.8 Å². The first-order valence-corrected chi connectivity index (χ1v) is 10.2. The van der Waals surface area contributed by atoms with Gasteiger partial charge in [0.25, 0.3) is 10.0 Å². The zero-order valence-corrected chi connectivity index (χ0v) is 17.0. The van der Waals surface area contributed by atoms with Gasteiger partial charge in [-0.15, -0.1) is 0 Å². The Morgan fingerprint density at radius 3 is 2.11 bits per heavy atom. The maximum atomic E-state index is 13.9. The molecule has 0 saturated carbocycles. The molecule has 5 nitrogen and oxygen atoms in total. The standard InChI is InChI=1S/C18H20BClFNO4S/c1-17(2)18(3,4)26-19(25-17)12-5-8-14(9-6-12)22-27(23,24)16-11-13(20)7-10-15(16)21/h5-11,22H,1-4H3. The Morgan fingerprint density at radius 2 is 1.56 bits per heavy atom. The van der Waals surface area contributed by atoms with Crippen molar-refractivity contribution < 1.29 is 22.1 Å². The van der Waals surface area contributed by atoms with Crippen LogP contribution >= 0.6 is 11.6 Å². The molecule has 0 aromatic heterocycles. The van der Waals surface area contributed by atoms with Crippen LogP contribution in [0.3, 0.4) is 0 Å². The summed E-state index contributed by atoms with van der Waals surface area (Å²) in [4.78, 5) is -0.509. The van der Waals surface area contributed by atoms with E-state index in [9.17, 15) is 12.8 Å². The van der Waals surface area contributed by atoms with Crippen LogP contribution in [0.5, 0.6) is 0 Å². The molecule has 1 aliphatic rings. The van der Waals surface area contributed by atoms with Crippen molar-refractivity contribution in [3.8, 4) is 0 Å². The molecule has 2 aromatic rings. The van der Waals surface area contributed by atoms with Crippen LogP contribution in [-0.4, -0.2) is 26.7 Å². The average Bonchev–Trinajstić information content (AvgIpc) is 2.78. The topological polar surface area (TPSA) is 64.6 Å². The fourth-order valence-electron chi connectivity index (χ4n) is 2.58. The van der Waals surface area contributed by atoms with E-state index in [0.29, 0.717) is 0 Å². The third kappa shape index (κ3) is 3.99. The van der Waals surface area contributed by atoms with Crippen LogP contribution in [0.25, 0.3) is 0 Å². The van der Waals surface area contributed by atoms with Gasteiger partial charge < -0.3 is 9.31 Å². The molecule has 1 aliphatic heterocycles. The van der Waals surface area contributed by atoms with Crippen molar-refractivity contribution in [3.63, 3.8) is 0 Å². The zero-order chi connectivity index (χ0) is 20.0. The highest BCUT2D eigenvalue weighted by atomic mass is 35.5. The first-order chi connectivity index (χ1) is 12.4. The van der Waals surface area contributed by atoms with Gasteiger partial charge in [0.2, 0.25) is 0 Å². The van der Waals surface area contributed by atoms with E-state index < -0.39 is 39.1 Å². The maximum Gasteiger partial charge on any atom is 0.494 e. The molecule has 0 aliphatic carbocycles. The van der Waals surface area contributed by atoms with Crippen molar-refractivity contribution in [2.24, 2.45) is 0 Å². The minimum absolute atomic E-state index is 0.132. The lowest BCUT2D eigenvalue weighted by molar-refractivity contribution is 0.00578. The van der Waals surface area contributed by atoms with Gasteiger partial charge in [0, 0.05) is 10.7 Å². The zero-order valence-electron chi connectivity index (χ0n) is 15.4. The lowest BCUT2D eigenvalue weighted by atomic mass is 9.79. The van der Waals surface area contributed by atoms with Gasteiger partial charge in [-0.1, -0.05) is 23.7 Å². The van der Waals surface area contributed by atoms with Gasteiger partial charge in [0.05, 0.1) is 11.2 Å². The van der Waals surface area contributed by atoms with Crippen LogP contribution < -0.4 is 10.2 Å². The first-order valence-electron chi connectivity index (χ1n) is 8.35. The largest absolute Gasteiger partial charge is 0.494 e. The normalized spacial score (nSPS) is 18.5. The van der Waals surface area contributed by atoms with Gasteiger partial charge in [-0.05, 0) is 63.5 Å². The molecule has 1 heterocycles. The van der Waals surface area contributed by atoms with Crippen molar-refractivity contribution in [3.05, 3.63) is 53.3 Å². The van der Waals surface area contributed by atoms with E-state index in [0.717, 1.165) is 17.6 Å². The lowest BCUT2D eigenvalue weighted by Gasteiger charge is -2.32. The Hall–Kier alpha value is -1.61. The molecule has 0 bridgehead atoms. The third-order valence-electron chi connectivity index (χ3n) is 4.87. The van der Waals surface area contributed by atoms with Gasteiger partial charge in [-0.2, -0.15) is 0 Å². The molecule has 1 saturated heterocycles. The van der Waals surface area contributed by atoms with Gasteiger partial charge in [0.1, 0.15) is 10.7 Å². The van der Waals surface area contributed by atoms with Crippen molar-refractivity contribution in [1.29, 1.82) is 0 Å². The number of anilines is 1. The highest BCUT2D eigenvalue weighted by Gasteiger charge is 2.51. The highest BCUT2D eigenvalue weighted by Crippen LogP contribution is 2.36. The number of nitrogens with one attached hydrogen (secondary N) is 1. The summed E-state index contributed by atoms with van der Waals surface area (Å²) in [6, 6.07) is 9.91.